The van der Waals surface area contributed by atoms with E-state index in [0.717, 1.165) is 62.2 Å². The zero-order valence-electron chi connectivity index (χ0n) is 23.0. The van der Waals surface area contributed by atoms with Crippen molar-refractivity contribution in [3.63, 3.8) is 0 Å². The highest BCUT2D eigenvalue weighted by Crippen LogP contribution is 2.35. The summed E-state index contributed by atoms with van der Waals surface area (Å²) in [6, 6.07) is 14.6. The summed E-state index contributed by atoms with van der Waals surface area (Å²) in [5.41, 5.74) is 10.3. The van der Waals surface area contributed by atoms with Gasteiger partial charge in [-0.15, -0.1) is 0 Å². The summed E-state index contributed by atoms with van der Waals surface area (Å²) in [5.74, 6) is 0.861. The minimum atomic E-state index is -0.588. The molecule has 206 valence electrons. The number of benzene rings is 2. The van der Waals surface area contributed by atoms with Gasteiger partial charge in [-0.25, -0.2) is 10.2 Å². The van der Waals surface area contributed by atoms with Gasteiger partial charge < -0.3 is 9.47 Å². The number of hydrogen-bond acceptors (Lipinski definition) is 5. The fourth-order valence-corrected chi connectivity index (χ4v) is 5.75. The number of aryl methyl sites for hydroxylation is 1. The van der Waals surface area contributed by atoms with Crippen LogP contribution in [0.15, 0.2) is 46.9 Å². The van der Waals surface area contributed by atoms with Gasteiger partial charge in [-0.1, -0.05) is 36.5 Å². The number of allylic oxidation sites excluding steroid dienone is 1. The number of halogens is 1. The Morgan fingerprint density at radius 2 is 1.92 bits per heavy atom. The maximum Gasteiger partial charge on any atom is 0.426 e. The van der Waals surface area contributed by atoms with Gasteiger partial charge in [0.05, 0.1) is 6.67 Å². The quantitative estimate of drug-likeness (QED) is 0.264. The van der Waals surface area contributed by atoms with Gasteiger partial charge in [0.15, 0.2) is 16.3 Å². The van der Waals surface area contributed by atoms with Crippen LogP contribution in [0.4, 0.5) is 9.18 Å². The number of likely N-dealkylation sites (tertiary alicyclic amines) is 1. The van der Waals surface area contributed by atoms with Crippen molar-refractivity contribution in [2.75, 3.05) is 26.3 Å². The third-order valence-corrected chi connectivity index (χ3v) is 7.73. The second-order valence-corrected chi connectivity index (χ2v) is 12.2. The van der Waals surface area contributed by atoms with E-state index in [0.29, 0.717) is 11.4 Å². The van der Waals surface area contributed by atoms with Gasteiger partial charge in [0.2, 0.25) is 0 Å². The van der Waals surface area contributed by atoms with Crippen LogP contribution in [0, 0.1) is 0 Å². The fourth-order valence-electron chi connectivity index (χ4n) is 5.05. The maximum absolute atomic E-state index is 12.5. The average Bonchev–Trinajstić information content (AvgIpc) is 3.26. The first-order valence-electron chi connectivity index (χ1n) is 13.6. The van der Waals surface area contributed by atoms with E-state index in [1.54, 1.807) is 0 Å². The number of alkyl halides is 1. The van der Waals surface area contributed by atoms with Gasteiger partial charge >= 0.3 is 6.09 Å². The molecule has 2 aromatic carbocycles. The van der Waals surface area contributed by atoms with E-state index >= 15 is 0 Å². The van der Waals surface area contributed by atoms with Crippen LogP contribution in [0.5, 0.6) is 5.75 Å². The first-order valence-corrected chi connectivity index (χ1v) is 14.6. The molecule has 1 aliphatic carbocycles. The highest BCUT2D eigenvalue weighted by atomic mass is 32.1. The first-order chi connectivity index (χ1) is 18.6. The fraction of sp³-hybridized carbons (Fsp3) is 0.467. The van der Waals surface area contributed by atoms with E-state index in [1.165, 1.54) is 21.1 Å². The monoisotopic (exact) mass is 565 g/mol. The van der Waals surface area contributed by atoms with Crippen molar-refractivity contribution in [3.8, 4) is 5.75 Å². The zero-order chi connectivity index (χ0) is 28.0. The summed E-state index contributed by atoms with van der Waals surface area (Å²) >= 11 is 8.48. The van der Waals surface area contributed by atoms with Crippen molar-refractivity contribution < 1.29 is 18.7 Å². The first kappa shape index (κ1) is 29.5. The Labute approximate surface area is 244 Å². The zero-order valence-corrected chi connectivity index (χ0v) is 25.0. The Bertz CT molecular complexity index is 1210. The van der Waals surface area contributed by atoms with Crippen molar-refractivity contribution >= 4 is 45.2 Å². The molecule has 6 nitrogen and oxygen atoms in total. The van der Waals surface area contributed by atoms with Crippen molar-refractivity contribution in [1.29, 1.82) is 0 Å². The Morgan fingerprint density at radius 3 is 2.64 bits per heavy atom. The maximum atomic E-state index is 12.5. The molecule has 1 atom stereocenters. The largest absolute Gasteiger partial charge is 0.489 e. The molecule has 2 N–H and O–H groups in total. The van der Waals surface area contributed by atoms with E-state index < -0.39 is 11.7 Å². The summed E-state index contributed by atoms with van der Waals surface area (Å²) in [6.07, 6.45) is 4.09. The summed E-state index contributed by atoms with van der Waals surface area (Å²) in [6.45, 7) is 7.76. The predicted molar refractivity (Wildman–Crippen MR) is 158 cm³/mol. The highest BCUT2D eigenvalue weighted by Gasteiger charge is 2.24. The van der Waals surface area contributed by atoms with Crippen LogP contribution >= 0.6 is 12.2 Å². The van der Waals surface area contributed by atoms with Gasteiger partial charge in [-0.05, 0) is 93.3 Å². The molecule has 4 rings (SSSR count). The van der Waals surface area contributed by atoms with Crippen molar-refractivity contribution in [2.24, 2.45) is 0 Å². The molecular formula is C30H37AlFN3O3S. The van der Waals surface area contributed by atoms with E-state index in [9.17, 15) is 9.18 Å². The Morgan fingerprint density at radius 1 is 1.15 bits per heavy atom. The molecule has 2 radical (unpaired) electrons. The Hall–Kier alpha value is -2.44. The Kier molecular flexibility index (Phi) is 10.1. The number of nitrogens with zero attached hydrogens (tertiary/aromatic N) is 1. The number of nitrogens with one attached hydrogen (secondary N) is 2. The normalized spacial score (nSPS) is 17.8. The molecule has 1 aliphatic heterocycles. The average molecular weight is 566 g/mol. The van der Waals surface area contributed by atoms with E-state index in [4.69, 9.17) is 21.7 Å². The van der Waals surface area contributed by atoms with Gasteiger partial charge in [-0.2, -0.15) is 4.44 Å². The highest BCUT2D eigenvalue weighted by molar-refractivity contribution is 7.80. The summed E-state index contributed by atoms with van der Waals surface area (Å²) in [7, 11) is 0. The SMILES string of the molecule is CC(C)(C)OC(=O)NNC(=S)c1ccc2c(c1)CCC[C]([Al])=C2c1ccc(O[C@H]2CCN(CCCF)C2)cc1. The van der Waals surface area contributed by atoms with Crippen LogP contribution in [0.25, 0.3) is 5.57 Å². The molecule has 2 aromatic rings. The van der Waals surface area contributed by atoms with Crippen LogP contribution in [-0.4, -0.2) is 70.3 Å². The lowest BCUT2D eigenvalue weighted by molar-refractivity contribution is 0.0513. The third kappa shape index (κ3) is 8.28. The van der Waals surface area contributed by atoms with E-state index in [-0.39, 0.29) is 12.8 Å². The molecule has 9 heteroatoms. The molecule has 2 aliphatic rings. The minimum absolute atomic E-state index is 0.145. The lowest BCUT2D eigenvalue weighted by Crippen LogP contribution is -2.43. The van der Waals surface area contributed by atoms with Crippen LogP contribution in [0.1, 0.15) is 68.7 Å². The lowest BCUT2D eigenvalue weighted by atomic mass is 9.92. The molecule has 1 fully saturated rings. The number of fused-ring (bicyclic) bond motifs is 1. The topological polar surface area (TPSA) is 62.8 Å². The second-order valence-electron chi connectivity index (χ2n) is 11.1. The number of amides is 1. The standard InChI is InChI=1S/C30H37FN3O3S.Al/c1-30(2,3)37-29(35)33-32-28(38)23-11-14-27-22(19-23)7-4-5-8-26(27)21-9-12-24(13-10-21)36-25-15-18-34(20-25)17-6-16-31;/h9-14,19,25H,4-7,15-18,20H2,1-3H3,(H,32,38)(H,33,35);/t25-;/m0./s1. The number of carbonyl (C=O) groups excluding carboxylic acids is 1. The second kappa shape index (κ2) is 13.3. The number of thiocarbonyl (C=S) groups is 1. The predicted octanol–water partition coefficient (Wildman–Crippen LogP) is 5.47. The third-order valence-electron chi connectivity index (χ3n) is 6.81. The summed E-state index contributed by atoms with van der Waals surface area (Å²) < 4.78 is 25.3. The van der Waals surface area contributed by atoms with E-state index in [2.05, 4.69) is 56.3 Å². The molecule has 0 bridgehead atoms. The number of rotatable bonds is 7. The molecule has 39 heavy (non-hydrogen) atoms. The van der Waals surface area contributed by atoms with Crippen molar-refractivity contribution in [2.45, 2.75) is 64.6 Å². The summed E-state index contributed by atoms with van der Waals surface area (Å²) in [4.78, 5) is 14.7. The van der Waals surface area contributed by atoms with E-state index in [1.807, 2.05) is 39.0 Å². The molecule has 1 heterocycles. The Balaban J connectivity index is 1.45. The van der Waals surface area contributed by atoms with Crippen molar-refractivity contribution in [1.82, 2.24) is 15.8 Å². The molecule has 1 amide bonds. The number of hydrogen-bond donors (Lipinski definition) is 2. The molecular weight excluding hydrogens is 528 g/mol. The molecule has 1 saturated heterocycles. The number of carbonyl (C=O) groups is 1. The number of hydrazine groups is 1. The molecule has 0 aromatic heterocycles. The number of ether oxygens (including phenoxy) is 2. The lowest BCUT2D eigenvalue weighted by Gasteiger charge is -2.20. The molecule has 0 unspecified atom stereocenters. The molecule has 0 saturated carbocycles. The van der Waals surface area contributed by atoms with Crippen LogP contribution < -0.4 is 15.6 Å². The molecule has 0 spiro atoms. The van der Waals surface area contributed by atoms with Gasteiger partial charge in [0, 0.05) is 25.2 Å². The smallest absolute Gasteiger partial charge is 0.426 e. The van der Waals surface area contributed by atoms with Gasteiger partial charge in [-0.3, -0.25) is 14.7 Å². The van der Waals surface area contributed by atoms with Crippen LogP contribution in [0.2, 0.25) is 0 Å². The van der Waals surface area contributed by atoms with Crippen molar-refractivity contribution in [3.05, 3.63) is 69.2 Å². The van der Waals surface area contributed by atoms with Crippen LogP contribution in [0.3, 0.4) is 0 Å². The summed E-state index contributed by atoms with van der Waals surface area (Å²) in [5, 5.41) is 0. The van der Waals surface area contributed by atoms with Gasteiger partial charge in [0.1, 0.15) is 22.4 Å². The van der Waals surface area contributed by atoms with Crippen LogP contribution in [-0.2, 0) is 11.2 Å². The minimum Gasteiger partial charge on any atom is -0.489 e. The van der Waals surface area contributed by atoms with Gasteiger partial charge in [0.25, 0.3) is 0 Å².